The summed E-state index contributed by atoms with van der Waals surface area (Å²) in [5.41, 5.74) is 2.39. The van der Waals surface area contributed by atoms with Gasteiger partial charge in [0.1, 0.15) is 11.5 Å². The van der Waals surface area contributed by atoms with Gasteiger partial charge in [0.05, 0.1) is 20.3 Å². The number of rotatable bonds is 10. The van der Waals surface area contributed by atoms with Gasteiger partial charge in [0.25, 0.3) is 0 Å². The van der Waals surface area contributed by atoms with Gasteiger partial charge in [-0.05, 0) is 47.6 Å². The molecule has 1 atom stereocenters. The monoisotopic (exact) mass is 404 g/mol. The van der Waals surface area contributed by atoms with E-state index in [0.717, 1.165) is 42.7 Å². The second-order valence-electron chi connectivity index (χ2n) is 6.28. The highest BCUT2D eigenvalue weighted by Gasteiger charge is 2.18. The Morgan fingerprint density at radius 2 is 1.93 bits per heavy atom. The van der Waals surface area contributed by atoms with Gasteiger partial charge in [-0.25, -0.2) is 0 Å². The third-order valence-corrected chi connectivity index (χ3v) is 5.51. The lowest BCUT2D eigenvalue weighted by molar-refractivity contribution is 0.219. The summed E-state index contributed by atoms with van der Waals surface area (Å²) in [5.74, 6) is 2.34. The van der Waals surface area contributed by atoms with Gasteiger partial charge in [0, 0.05) is 31.8 Å². The Balaban J connectivity index is 2.00. The molecule has 6 nitrogen and oxygen atoms in total. The Hall–Kier alpha value is -2.25. The average Bonchev–Trinajstić information content (AvgIpc) is 3.27. The summed E-state index contributed by atoms with van der Waals surface area (Å²) in [5, 5.41) is 11.2. The predicted octanol–water partition coefficient (Wildman–Crippen LogP) is 3.51. The van der Waals surface area contributed by atoms with Gasteiger partial charge in [-0.15, -0.1) is 0 Å². The summed E-state index contributed by atoms with van der Waals surface area (Å²) in [6, 6.07) is 8.34. The number of likely N-dealkylation sites (N-methyl/N-ethyl adjacent to an activating group) is 1. The number of methoxy groups -OCH3 is 2. The van der Waals surface area contributed by atoms with Crippen LogP contribution in [-0.2, 0) is 6.54 Å². The van der Waals surface area contributed by atoms with Crippen LogP contribution in [0.4, 0.5) is 0 Å². The summed E-state index contributed by atoms with van der Waals surface area (Å²) in [7, 11) is 5.11. The van der Waals surface area contributed by atoms with E-state index in [2.05, 4.69) is 51.2 Å². The van der Waals surface area contributed by atoms with Crippen LogP contribution in [0, 0.1) is 0 Å². The van der Waals surface area contributed by atoms with Crippen molar-refractivity contribution in [2.24, 2.45) is 4.99 Å². The lowest BCUT2D eigenvalue weighted by Crippen LogP contribution is -2.43. The second kappa shape index (κ2) is 11.6. The largest absolute Gasteiger partial charge is 0.497 e. The molecule has 2 rings (SSSR count). The van der Waals surface area contributed by atoms with Gasteiger partial charge in [-0.1, -0.05) is 13.8 Å². The molecule has 2 aromatic rings. The minimum atomic E-state index is 0.315. The third kappa shape index (κ3) is 5.87. The van der Waals surface area contributed by atoms with Crippen molar-refractivity contribution in [3.8, 4) is 11.5 Å². The van der Waals surface area contributed by atoms with E-state index < -0.39 is 0 Å². The Bertz CT molecular complexity index is 730. The highest BCUT2D eigenvalue weighted by atomic mass is 32.1. The first-order valence-electron chi connectivity index (χ1n) is 9.58. The van der Waals surface area contributed by atoms with Crippen LogP contribution in [0.5, 0.6) is 11.5 Å². The van der Waals surface area contributed by atoms with Crippen LogP contribution in [-0.4, -0.2) is 51.8 Å². The molecule has 0 fully saturated rings. The van der Waals surface area contributed by atoms with Crippen molar-refractivity contribution in [2.45, 2.75) is 26.4 Å². The van der Waals surface area contributed by atoms with E-state index in [0.29, 0.717) is 12.6 Å². The highest BCUT2D eigenvalue weighted by Crippen LogP contribution is 2.24. The van der Waals surface area contributed by atoms with Crippen LogP contribution >= 0.6 is 11.3 Å². The maximum Gasteiger partial charge on any atom is 0.191 e. The lowest BCUT2D eigenvalue weighted by Gasteiger charge is -2.30. The number of hydrogen-bond acceptors (Lipinski definition) is 5. The number of ether oxygens (including phenoxy) is 2. The van der Waals surface area contributed by atoms with E-state index in [-0.39, 0.29) is 0 Å². The van der Waals surface area contributed by atoms with Crippen LogP contribution in [0.25, 0.3) is 0 Å². The highest BCUT2D eigenvalue weighted by molar-refractivity contribution is 7.07. The van der Waals surface area contributed by atoms with E-state index in [1.54, 1.807) is 32.6 Å². The number of guanidine groups is 1. The van der Waals surface area contributed by atoms with Gasteiger partial charge < -0.3 is 20.1 Å². The van der Waals surface area contributed by atoms with E-state index in [1.165, 1.54) is 5.56 Å². The minimum Gasteiger partial charge on any atom is -0.497 e. The zero-order valence-corrected chi connectivity index (χ0v) is 18.3. The molecule has 0 saturated carbocycles. The van der Waals surface area contributed by atoms with Crippen LogP contribution in [0.1, 0.15) is 31.0 Å². The fraction of sp³-hybridized carbons (Fsp3) is 0.476. The molecule has 7 heteroatoms. The van der Waals surface area contributed by atoms with Gasteiger partial charge >= 0.3 is 0 Å². The Labute approximate surface area is 172 Å². The molecule has 2 N–H and O–H groups in total. The lowest BCUT2D eigenvalue weighted by atomic mass is 10.1. The van der Waals surface area contributed by atoms with E-state index in [4.69, 9.17) is 9.47 Å². The molecule has 0 amide bonds. The number of benzene rings is 1. The molecule has 0 saturated heterocycles. The van der Waals surface area contributed by atoms with Crippen molar-refractivity contribution >= 4 is 17.3 Å². The van der Waals surface area contributed by atoms with Crippen molar-refractivity contribution < 1.29 is 9.47 Å². The quantitative estimate of drug-likeness (QED) is 0.469. The standard InChI is InChI=1S/C21H32N4O2S/c1-6-25(7-2)19(17-10-11-28-15-17)14-24-21(22-3)23-13-16-8-9-18(26-4)12-20(16)27-5/h8-12,15,19H,6-7,13-14H2,1-5H3,(H2,22,23,24). The molecule has 1 aromatic carbocycles. The Morgan fingerprint density at radius 1 is 1.14 bits per heavy atom. The fourth-order valence-corrected chi connectivity index (χ4v) is 3.88. The molecule has 1 unspecified atom stereocenters. The molecule has 0 spiro atoms. The fourth-order valence-electron chi connectivity index (χ4n) is 3.18. The van der Waals surface area contributed by atoms with Crippen LogP contribution in [0.15, 0.2) is 40.0 Å². The molecule has 0 radical (unpaired) electrons. The smallest absolute Gasteiger partial charge is 0.191 e. The van der Waals surface area contributed by atoms with Crippen LogP contribution < -0.4 is 20.1 Å². The van der Waals surface area contributed by atoms with Crippen molar-refractivity contribution in [2.75, 3.05) is 40.9 Å². The molecule has 0 aliphatic heterocycles. The van der Waals surface area contributed by atoms with Crippen LogP contribution in [0.3, 0.4) is 0 Å². The molecule has 1 aromatic heterocycles. The third-order valence-electron chi connectivity index (χ3n) is 4.81. The Morgan fingerprint density at radius 3 is 2.50 bits per heavy atom. The van der Waals surface area contributed by atoms with Gasteiger partial charge in [-0.3, -0.25) is 9.89 Å². The molecule has 154 valence electrons. The zero-order chi connectivity index (χ0) is 20.4. The summed E-state index contributed by atoms with van der Waals surface area (Å²) >= 11 is 1.74. The normalized spacial score (nSPS) is 12.7. The topological polar surface area (TPSA) is 58.1 Å². The molecule has 0 aliphatic carbocycles. The number of thiophene rings is 1. The minimum absolute atomic E-state index is 0.315. The number of hydrogen-bond donors (Lipinski definition) is 2. The van der Waals surface area contributed by atoms with Crippen LogP contribution in [0.2, 0.25) is 0 Å². The number of aliphatic imine (C=N–C) groups is 1. The van der Waals surface area contributed by atoms with Gasteiger partial charge in [-0.2, -0.15) is 11.3 Å². The first kappa shape index (κ1) is 22.0. The van der Waals surface area contributed by atoms with Crippen molar-refractivity contribution in [3.63, 3.8) is 0 Å². The first-order valence-corrected chi connectivity index (χ1v) is 10.5. The van der Waals surface area contributed by atoms with Gasteiger partial charge in [0.15, 0.2) is 5.96 Å². The average molecular weight is 405 g/mol. The van der Waals surface area contributed by atoms with E-state index >= 15 is 0 Å². The molecular formula is C21H32N4O2S. The van der Waals surface area contributed by atoms with Crippen molar-refractivity contribution in [1.82, 2.24) is 15.5 Å². The number of nitrogens with zero attached hydrogens (tertiary/aromatic N) is 2. The summed E-state index contributed by atoms with van der Waals surface area (Å²) in [6.45, 7) is 7.82. The summed E-state index contributed by atoms with van der Waals surface area (Å²) in [4.78, 5) is 6.82. The molecule has 0 bridgehead atoms. The molecular weight excluding hydrogens is 372 g/mol. The van der Waals surface area contributed by atoms with Gasteiger partial charge in [0.2, 0.25) is 0 Å². The summed E-state index contributed by atoms with van der Waals surface area (Å²) < 4.78 is 10.7. The molecule has 28 heavy (non-hydrogen) atoms. The number of nitrogens with one attached hydrogen (secondary N) is 2. The maximum atomic E-state index is 5.48. The summed E-state index contributed by atoms with van der Waals surface area (Å²) in [6.07, 6.45) is 0. The van der Waals surface area contributed by atoms with Crippen molar-refractivity contribution in [3.05, 3.63) is 46.2 Å². The SMILES string of the molecule is CCN(CC)C(CNC(=NC)NCc1ccc(OC)cc1OC)c1ccsc1. The molecule has 0 aliphatic rings. The maximum absolute atomic E-state index is 5.48. The first-order chi connectivity index (χ1) is 13.7. The van der Waals surface area contributed by atoms with E-state index in [9.17, 15) is 0 Å². The Kier molecular flexibility index (Phi) is 9.10. The molecule has 1 heterocycles. The van der Waals surface area contributed by atoms with Crippen molar-refractivity contribution in [1.29, 1.82) is 0 Å². The zero-order valence-electron chi connectivity index (χ0n) is 17.5. The second-order valence-corrected chi connectivity index (χ2v) is 7.06. The van der Waals surface area contributed by atoms with E-state index in [1.807, 2.05) is 18.2 Å². The predicted molar refractivity (Wildman–Crippen MR) is 118 cm³/mol.